The zero-order valence-electron chi connectivity index (χ0n) is 6.54. The molecule has 2 heterocycles. The Morgan fingerprint density at radius 2 is 2.31 bits per heavy atom. The van der Waals surface area contributed by atoms with E-state index in [1.165, 1.54) is 12.3 Å². The number of aromatic nitrogens is 3. The van der Waals surface area contributed by atoms with Crippen molar-refractivity contribution in [1.82, 2.24) is 15.1 Å². The Bertz CT molecular complexity index is 410. The molecular formula is C8H5N3O2. The lowest BCUT2D eigenvalue weighted by Crippen LogP contribution is -1.80. The molecular weight excluding hydrogens is 170 g/mol. The van der Waals surface area contributed by atoms with Gasteiger partial charge in [0.25, 0.3) is 0 Å². The SMILES string of the molecule is O=Cc1cc(-c2cnccn2)on1. The van der Waals surface area contributed by atoms with E-state index in [9.17, 15) is 4.79 Å². The fourth-order valence-corrected chi connectivity index (χ4v) is 0.891. The van der Waals surface area contributed by atoms with Crippen molar-refractivity contribution in [3.63, 3.8) is 0 Å². The Kier molecular flexibility index (Phi) is 1.84. The zero-order chi connectivity index (χ0) is 9.10. The molecule has 0 aliphatic heterocycles. The predicted octanol–water partition coefficient (Wildman–Crippen LogP) is 0.944. The summed E-state index contributed by atoms with van der Waals surface area (Å²) in [6.07, 6.45) is 5.25. The van der Waals surface area contributed by atoms with Crippen molar-refractivity contribution in [2.45, 2.75) is 0 Å². The number of carbonyl (C=O) groups excluding carboxylic acids is 1. The van der Waals surface area contributed by atoms with Crippen molar-refractivity contribution < 1.29 is 9.32 Å². The van der Waals surface area contributed by atoms with Crippen molar-refractivity contribution >= 4 is 6.29 Å². The molecule has 0 N–H and O–H groups in total. The van der Waals surface area contributed by atoms with Gasteiger partial charge in [-0.3, -0.25) is 9.78 Å². The number of rotatable bonds is 2. The molecule has 5 nitrogen and oxygen atoms in total. The van der Waals surface area contributed by atoms with Gasteiger partial charge in [0.2, 0.25) is 0 Å². The van der Waals surface area contributed by atoms with Gasteiger partial charge in [-0.2, -0.15) is 0 Å². The molecule has 0 fully saturated rings. The van der Waals surface area contributed by atoms with Crippen molar-refractivity contribution in [2.24, 2.45) is 0 Å². The van der Waals surface area contributed by atoms with Gasteiger partial charge in [-0.05, 0) is 0 Å². The van der Waals surface area contributed by atoms with Crippen molar-refractivity contribution in [1.29, 1.82) is 0 Å². The quantitative estimate of drug-likeness (QED) is 0.635. The maximum absolute atomic E-state index is 10.3. The molecule has 64 valence electrons. The van der Waals surface area contributed by atoms with E-state index in [1.807, 2.05) is 0 Å². The van der Waals surface area contributed by atoms with E-state index in [2.05, 4.69) is 15.1 Å². The van der Waals surface area contributed by atoms with Crippen LogP contribution in [0.2, 0.25) is 0 Å². The molecule has 2 aromatic rings. The van der Waals surface area contributed by atoms with Crippen LogP contribution in [0.3, 0.4) is 0 Å². The largest absolute Gasteiger partial charge is 0.354 e. The Morgan fingerprint density at radius 3 is 2.92 bits per heavy atom. The normalized spacial score (nSPS) is 9.85. The summed E-state index contributed by atoms with van der Waals surface area (Å²) >= 11 is 0. The van der Waals surface area contributed by atoms with E-state index in [1.54, 1.807) is 12.4 Å². The number of hydrogen-bond donors (Lipinski definition) is 0. The van der Waals surface area contributed by atoms with Crippen LogP contribution in [0, 0.1) is 0 Å². The third-order valence-electron chi connectivity index (χ3n) is 1.46. The molecule has 0 bridgehead atoms. The second kappa shape index (κ2) is 3.14. The first-order valence-electron chi connectivity index (χ1n) is 3.58. The highest BCUT2D eigenvalue weighted by Gasteiger charge is 2.06. The summed E-state index contributed by atoms with van der Waals surface area (Å²) in [4.78, 5) is 18.1. The second-order valence-electron chi connectivity index (χ2n) is 2.32. The monoisotopic (exact) mass is 175 g/mol. The maximum Gasteiger partial charge on any atom is 0.187 e. The minimum Gasteiger partial charge on any atom is -0.354 e. The van der Waals surface area contributed by atoms with Crippen LogP contribution in [0.25, 0.3) is 11.5 Å². The highest BCUT2D eigenvalue weighted by molar-refractivity contribution is 5.73. The molecule has 0 saturated carbocycles. The highest BCUT2D eigenvalue weighted by Crippen LogP contribution is 2.15. The molecule has 0 radical (unpaired) electrons. The molecule has 5 heteroatoms. The summed E-state index contributed by atoms with van der Waals surface area (Å²) in [6.45, 7) is 0. The van der Waals surface area contributed by atoms with Gasteiger partial charge in [-0.1, -0.05) is 5.16 Å². The van der Waals surface area contributed by atoms with Gasteiger partial charge in [-0.15, -0.1) is 0 Å². The molecule has 0 aliphatic rings. The van der Waals surface area contributed by atoms with E-state index < -0.39 is 0 Å². The molecule has 0 aromatic carbocycles. The first kappa shape index (κ1) is 7.60. The van der Waals surface area contributed by atoms with Crippen LogP contribution in [0.15, 0.2) is 29.2 Å². The third-order valence-corrected chi connectivity index (χ3v) is 1.46. The fraction of sp³-hybridized carbons (Fsp3) is 0. The van der Waals surface area contributed by atoms with E-state index in [-0.39, 0.29) is 5.69 Å². The minimum atomic E-state index is 0.251. The lowest BCUT2D eigenvalue weighted by atomic mass is 10.3. The predicted molar refractivity (Wildman–Crippen MR) is 42.9 cm³/mol. The fourth-order valence-electron chi connectivity index (χ4n) is 0.891. The smallest absolute Gasteiger partial charge is 0.187 e. The molecule has 0 spiro atoms. The number of aldehydes is 1. The topological polar surface area (TPSA) is 68.9 Å². The first-order chi connectivity index (χ1) is 6.40. The summed E-state index contributed by atoms with van der Waals surface area (Å²) in [5.74, 6) is 0.440. The molecule has 0 amide bonds. The molecule has 13 heavy (non-hydrogen) atoms. The lowest BCUT2D eigenvalue weighted by Gasteiger charge is -1.89. The summed E-state index contributed by atoms with van der Waals surface area (Å²) in [5, 5.41) is 3.50. The van der Waals surface area contributed by atoms with Gasteiger partial charge in [-0.25, -0.2) is 4.98 Å². The van der Waals surface area contributed by atoms with Crippen LogP contribution in [-0.4, -0.2) is 21.4 Å². The molecule has 0 unspecified atom stereocenters. The minimum absolute atomic E-state index is 0.251. The molecule has 0 atom stereocenters. The van der Waals surface area contributed by atoms with Gasteiger partial charge in [0.15, 0.2) is 12.0 Å². The molecule has 0 saturated heterocycles. The first-order valence-corrected chi connectivity index (χ1v) is 3.58. The second-order valence-corrected chi connectivity index (χ2v) is 2.32. The van der Waals surface area contributed by atoms with Crippen LogP contribution < -0.4 is 0 Å². The summed E-state index contributed by atoms with van der Waals surface area (Å²) in [5.41, 5.74) is 0.809. The average Bonchev–Trinajstić information content (AvgIpc) is 2.67. The van der Waals surface area contributed by atoms with Crippen molar-refractivity contribution in [3.8, 4) is 11.5 Å². The van der Waals surface area contributed by atoms with Crippen LogP contribution in [-0.2, 0) is 0 Å². The number of carbonyl (C=O) groups is 1. The lowest BCUT2D eigenvalue weighted by molar-refractivity contribution is 0.111. The Balaban J connectivity index is 2.41. The van der Waals surface area contributed by atoms with Gasteiger partial charge >= 0.3 is 0 Å². The van der Waals surface area contributed by atoms with Gasteiger partial charge in [0.1, 0.15) is 11.4 Å². The van der Waals surface area contributed by atoms with Gasteiger partial charge < -0.3 is 4.52 Å². The zero-order valence-corrected chi connectivity index (χ0v) is 6.54. The Hall–Kier alpha value is -2.04. The van der Waals surface area contributed by atoms with E-state index >= 15 is 0 Å². The summed E-state index contributed by atoms with van der Waals surface area (Å²) in [6, 6.07) is 1.51. The summed E-state index contributed by atoms with van der Waals surface area (Å²) in [7, 11) is 0. The van der Waals surface area contributed by atoms with Crippen LogP contribution in [0.5, 0.6) is 0 Å². The van der Waals surface area contributed by atoms with Crippen LogP contribution >= 0.6 is 0 Å². The molecule has 0 aliphatic carbocycles. The van der Waals surface area contributed by atoms with Gasteiger partial charge in [0, 0.05) is 18.5 Å². The molecule has 2 rings (SSSR count). The van der Waals surface area contributed by atoms with E-state index in [0.717, 1.165) is 0 Å². The average molecular weight is 175 g/mol. The van der Waals surface area contributed by atoms with Crippen molar-refractivity contribution in [3.05, 3.63) is 30.4 Å². The van der Waals surface area contributed by atoms with E-state index in [4.69, 9.17) is 4.52 Å². The Labute approximate surface area is 73.4 Å². The third kappa shape index (κ3) is 1.44. The number of hydrogen-bond acceptors (Lipinski definition) is 5. The summed E-state index contributed by atoms with van der Waals surface area (Å²) < 4.78 is 4.86. The number of nitrogens with zero attached hydrogens (tertiary/aromatic N) is 3. The van der Waals surface area contributed by atoms with Gasteiger partial charge in [0.05, 0.1) is 6.20 Å². The van der Waals surface area contributed by atoms with Crippen LogP contribution in [0.1, 0.15) is 10.5 Å². The standard InChI is InChI=1S/C8H5N3O2/c12-5-6-3-8(13-11-6)7-4-9-1-2-10-7/h1-5H. The highest BCUT2D eigenvalue weighted by atomic mass is 16.5. The maximum atomic E-state index is 10.3. The van der Waals surface area contributed by atoms with Crippen LogP contribution in [0.4, 0.5) is 0 Å². The Morgan fingerprint density at radius 1 is 1.38 bits per heavy atom. The molecule has 2 aromatic heterocycles. The van der Waals surface area contributed by atoms with E-state index in [0.29, 0.717) is 17.7 Å². The van der Waals surface area contributed by atoms with Crippen molar-refractivity contribution in [2.75, 3.05) is 0 Å².